The predicted molar refractivity (Wildman–Crippen MR) is 136 cm³/mol. The van der Waals surface area contributed by atoms with Crippen LogP contribution in [-0.4, -0.2) is 56.4 Å². The third-order valence-electron chi connectivity index (χ3n) is 7.19. The molecule has 0 atom stereocenters. The molecule has 0 aliphatic carbocycles. The fraction of sp³-hybridized carbons (Fsp3) is 0.346. The smallest absolute Gasteiger partial charge is 0.314 e. The number of aryl methyl sites for hydroxylation is 2. The summed E-state index contributed by atoms with van der Waals surface area (Å²) < 4.78 is 44.4. The van der Waals surface area contributed by atoms with Gasteiger partial charge in [-0.3, -0.25) is 9.48 Å². The first-order valence-corrected chi connectivity index (χ1v) is 13.6. The average Bonchev–Trinajstić information content (AvgIpc) is 3.52. The molecule has 0 unspecified atom stereocenters. The van der Waals surface area contributed by atoms with E-state index < -0.39 is 21.4 Å². The number of benzene rings is 2. The van der Waals surface area contributed by atoms with Gasteiger partial charge in [0.2, 0.25) is 10.0 Å². The molecule has 0 spiro atoms. The van der Waals surface area contributed by atoms with Crippen molar-refractivity contribution in [1.82, 2.24) is 23.9 Å². The average molecular weight is 526 g/mol. The summed E-state index contributed by atoms with van der Waals surface area (Å²) >= 11 is 0. The standard InChI is InChI=1S/C26H28FN5O4S/c1-3-10-30-17-22(16-28-30)37(35,36)31-11-8-26(9-12-31,25(33)34)23-14-19-15-29-32(24(19)13-18(23)2)21-6-4-20(27)5-7-21/h4-7,13-17H,3,8-12H2,1-2H3,(H,33,34). The van der Waals surface area contributed by atoms with Crippen LogP contribution in [-0.2, 0) is 26.8 Å². The number of piperidine rings is 1. The van der Waals surface area contributed by atoms with E-state index in [9.17, 15) is 22.7 Å². The summed E-state index contributed by atoms with van der Waals surface area (Å²) in [5.74, 6) is -1.32. The molecule has 0 bridgehead atoms. The SMILES string of the molecule is CCCn1cc(S(=O)(=O)N2CCC(C(=O)O)(c3cc4cnn(-c5ccc(F)cc5)c4cc3C)CC2)cn1. The minimum absolute atomic E-state index is 0.0832. The number of hydrogen-bond donors (Lipinski definition) is 1. The van der Waals surface area contributed by atoms with Crippen LogP contribution in [0.3, 0.4) is 0 Å². The lowest BCUT2D eigenvalue weighted by molar-refractivity contribution is -0.145. The molecule has 1 aliphatic rings. The van der Waals surface area contributed by atoms with Crippen LogP contribution in [0.1, 0.15) is 37.3 Å². The summed E-state index contributed by atoms with van der Waals surface area (Å²) in [6, 6.07) is 9.71. The van der Waals surface area contributed by atoms with Crippen molar-refractivity contribution in [3.05, 3.63) is 71.9 Å². The van der Waals surface area contributed by atoms with Gasteiger partial charge in [0, 0.05) is 31.2 Å². The number of carboxylic acid groups (broad SMARTS) is 1. The van der Waals surface area contributed by atoms with Crippen molar-refractivity contribution in [3.8, 4) is 5.69 Å². The summed E-state index contributed by atoms with van der Waals surface area (Å²) in [7, 11) is -3.78. The van der Waals surface area contributed by atoms with Gasteiger partial charge in [0.05, 0.1) is 29.0 Å². The van der Waals surface area contributed by atoms with Crippen LogP contribution in [0.2, 0.25) is 0 Å². The molecule has 3 heterocycles. The second-order valence-corrected chi connectivity index (χ2v) is 11.4. The highest BCUT2D eigenvalue weighted by molar-refractivity contribution is 7.89. The molecule has 194 valence electrons. The molecule has 0 saturated carbocycles. The number of aliphatic carboxylic acids is 1. The van der Waals surface area contributed by atoms with E-state index in [1.807, 2.05) is 26.0 Å². The Labute approximate surface area is 214 Å². The number of halogens is 1. The highest BCUT2D eigenvalue weighted by Crippen LogP contribution is 2.40. The number of hydrogen-bond acceptors (Lipinski definition) is 5. The number of nitrogens with zero attached hydrogens (tertiary/aromatic N) is 5. The van der Waals surface area contributed by atoms with E-state index >= 15 is 0 Å². The molecule has 0 radical (unpaired) electrons. The molecular weight excluding hydrogens is 497 g/mol. The first kappa shape index (κ1) is 25.1. The normalized spacial score (nSPS) is 16.3. The molecule has 1 N–H and O–H groups in total. The molecule has 4 aromatic rings. The molecule has 37 heavy (non-hydrogen) atoms. The van der Waals surface area contributed by atoms with Gasteiger partial charge in [0.25, 0.3) is 0 Å². The van der Waals surface area contributed by atoms with E-state index in [2.05, 4.69) is 10.2 Å². The zero-order valence-corrected chi connectivity index (χ0v) is 21.4. The predicted octanol–water partition coefficient (Wildman–Crippen LogP) is 3.89. The van der Waals surface area contributed by atoms with Crippen LogP contribution in [0, 0.1) is 12.7 Å². The molecule has 1 fully saturated rings. The Bertz CT molecular complexity index is 1570. The number of fused-ring (bicyclic) bond motifs is 1. The summed E-state index contributed by atoms with van der Waals surface area (Å²) in [6.45, 7) is 4.63. The highest BCUT2D eigenvalue weighted by Gasteiger charge is 2.46. The van der Waals surface area contributed by atoms with Crippen LogP contribution in [0.4, 0.5) is 4.39 Å². The lowest BCUT2D eigenvalue weighted by Crippen LogP contribution is -2.49. The number of carboxylic acids is 1. The van der Waals surface area contributed by atoms with Crippen LogP contribution in [0.25, 0.3) is 16.6 Å². The Morgan fingerprint density at radius 3 is 2.46 bits per heavy atom. The molecule has 2 aromatic heterocycles. The third-order valence-corrected chi connectivity index (χ3v) is 9.04. The Hall–Kier alpha value is -3.57. The zero-order valence-electron chi connectivity index (χ0n) is 20.6. The van der Waals surface area contributed by atoms with Gasteiger partial charge < -0.3 is 5.11 Å². The van der Waals surface area contributed by atoms with E-state index in [0.717, 1.165) is 22.9 Å². The van der Waals surface area contributed by atoms with Crippen molar-refractivity contribution < 1.29 is 22.7 Å². The highest BCUT2D eigenvalue weighted by atomic mass is 32.2. The Balaban J connectivity index is 1.45. The maximum Gasteiger partial charge on any atom is 0.314 e. The van der Waals surface area contributed by atoms with Crippen molar-refractivity contribution in [2.45, 2.75) is 50.0 Å². The van der Waals surface area contributed by atoms with Crippen molar-refractivity contribution in [3.63, 3.8) is 0 Å². The molecule has 11 heteroatoms. The van der Waals surface area contributed by atoms with E-state index in [0.29, 0.717) is 17.8 Å². The topological polar surface area (TPSA) is 110 Å². The maximum atomic E-state index is 13.4. The second kappa shape index (κ2) is 9.38. The monoisotopic (exact) mass is 525 g/mol. The van der Waals surface area contributed by atoms with Crippen LogP contribution in [0.15, 0.2) is 59.9 Å². The minimum Gasteiger partial charge on any atom is -0.481 e. The van der Waals surface area contributed by atoms with Crippen LogP contribution < -0.4 is 0 Å². The summed E-state index contributed by atoms with van der Waals surface area (Å²) in [5.41, 5.74) is 1.67. The lowest BCUT2D eigenvalue weighted by Gasteiger charge is -2.39. The zero-order chi connectivity index (χ0) is 26.4. The van der Waals surface area contributed by atoms with Gasteiger partial charge >= 0.3 is 5.97 Å². The van der Waals surface area contributed by atoms with Gasteiger partial charge in [0.1, 0.15) is 10.7 Å². The lowest BCUT2D eigenvalue weighted by atomic mass is 9.71. The first-order chi connectivity index (χ1) is 17.7. The van der Waals surface area contributed by atoms with Gasteiger partial charge in [0.15, 0.2) is 0 Å². The van der Waals surface area contributed by atoms with Gasteiger partial charge in [-0.25, -0.2) is 17.5 Å². The Kier molecular flexibility index (Phi) is 6.36. The second-order valence-electron chi connectivity index (χ2n) is 9.49. The summed E-state index contributed by atoms with van der Waals surface area (Å²) in [6.07, 6.45) is 5.64. The minimum atomic E-state index is -3.78. The van der Waals surface area contributed by atoms with E-state index in [1.54, 1.807) is 27.7 Å². The largest absolute Gasteiger partial charge is 0.481 e. The number of rotatable bonds is 7. The van der Waals surface area contributed by atoms with Crippen molar-refractivity contribution in [2.24, 2.45) is 0 Å². The number of aromatic nitrogens is 4. The van der Waals surface area contributed by atoms with Crippen molar-refractivity contribution in [2.75, 3.05) is 13.1 Å². The van der Waals surface area contributed by atoms with Gasteiger partial charge in [-0.1, -0.05) is 6.92 Å². The quantitative estimate of drug-likeness (QED) is 0.392. The fourth-order valence-electron chi connectivity index (χ4n) is 5.17. The van der Waals surface area contributed by atoms with Gasteiger partial charge in [-0.05, 0) is 73.7 Å². The first-order valence-electron chi connectivity index (χ1n) is 12.2. The molecule has 2 aromatic carbocycles. The molecule has 9 nitrogen and oxygen atoms in total. The molecule has 5 rings (SSSR count). The van der Waals surface area contributed by atoms with Crippen LogP contribution >= 0.6 is 0 Å². The Morgan fingerprint density at radius 2 is 1.81 bits per heavy atom. The molecular formula is C26H28FN5O4S. The molecule has 0 amide bonds. The van der Waals surface area contributed by atoms with Gasteiger partial charge in [-0.15, -0.1) is 0 Å². The van der Waals surface area contributed by atoms with Crippen molar-refractivity contribution in [1.29, 1.82) is 0 Å². The van der Waals surface area contributed by atoms with E-state index in [4.69, 9.17) is 0 Å². The van der Waals surface area contributed by atoms with Crippen molar-refractivity contribution >= 4 is 26.9 Å². The summed E-state index contributed by atoms with van der Waals surface area (Å²) in [5, 5.41) is 19.7. The van der Waals surface area contributed by atoms with Crippen LogP contribution in [0.5, 0.6) is 0 Å². The molecule has 1 aliphatic heterocycles. The summed E-state index contributed by atoms with van der Waals surface area (Å²) in [4.78, 5) is 12.8. The third kappa shape index (κ3) is 4.31. The van der Waals surface area contributed by atoms with E-state index in [1.165, 1.54) is 28.8 Å². The Morgan fingerprint density at radius 1 is 1.11 bits per heavy atom. The van der Waals surface area contributed by atoms with E-state index in [-0.39, 0.29) is 36.6 Å². The number of sulfonamides is 1. The maximum absolute atomic E-state index is 13.4. The number of carbonyl (C=O) groups is 1. The van der Waals surface area contributed by atoms with Gasteiger partial charge in [-0.2, -0.15) is 14.5 Å². The fourth-order valence-corrected chi connectivity index (χ4v) is 6.56. The molecule has 1 saturated heterocycles.